The van der Waals surface area contributed by atoms with Gasteiger partial charge in [0.05, 0.1) is 5.92 Å². The highest BCUT2D eigenvalue weighted by Crippen LogP contribution is 2.23. The van der Waals surface area contributed by atoms with Crippen LogP contribution < -0.4 is 5.32 Å². The largest absolute Gasteiger partial charge is 0.342 e. The number of nitrogens with one attached hydrogen (secondary N) is 1. The molecule has 1 amide bonds. The van der Waals surface area contributed by atoms with Gasteiger partial charge in [-0.1, -0.05) is 0 Å². The standard InChI is InChI=1S/C17H21FN2O2/c18-15-5-3-12(4-6-15)16(21)14-2-1-9-20(11-14)17(22)13-7-8-19-10-13/h3-6,13-14,19H,1-2,7-11H2. The summed E-state index contributed by atoms with van der Waals surface area (Å²) in [5.74, 6) is -0.272. The zero-order valence-corrected chi connectivity index (χ0v) is 12.6. The predicted octanol–water partition coefficient (Wildman–Crippen LogP) is 1.86. The average Bonchev–Trinajstić information content (AvgIpc) is 3.09. The van der Waals surface area contributed by atoms with Gasteiger partial charge in [0.1, 0.15) is 5.82 Å². The van der Waals surface area contributed by atoms with Gasteiger partial charge in [0.15, 0.2) is 5.78 Å². The van der Waals surface area contributed by atoms with Crippen molar-refractivity contribution in [2.45, 2.75) is 19.3 Å². The molecule has 5 heteroatoms. The van der Waals surface area contributed by atoms with Crippen LogP contribution in [0.25, 0.3) is 0 Å². The normalized spacial score (nSPS) is 25.2. The van der Waals surface area contributed by atoms with Crippen molar-refractivity contribution in [2.75, 3.05) is 26.2 Å². The minimum absolute atomic E-state index is 0.0158. The van der Waals surface area contributed by atoms with E-state index in [9.17, 15) is 14.0 Å². The molecule has 0 aromatic heterocycles. The number of likely N-dealkylation sites (tertiary alicyclic amines) is 1. The van der Waals surface area contributed by atoms with Crippen molar-refractivity contribution in [2.24, 2.45) is 11.8 Å². The zero-order chi connectivity index (χ0) is 15.5. The minimum Gasteiger partial charge on any atom is -0.342 e. The Kier molecular flexibility index (Phi) is 4.52. The van der Waals surface area contributed by atoms with Crippen LogP contribution in [0.4, 0.5) is 4.39 Å². The molecule has 1 N–H and O–H groups in total. The molecule has 0 saturated carbocycles. The summed E-state index contributed by atoms with van der Waals surface area (Å²) in [6, 6.07) is 5.67. The van der Waals surface area contributed by atoms with E-state index in [-0.39, 0.29) is 29.3 Å². The second-order valence-electron chi connectivity index (χ2n) is 6.18. The molecule has 2 saturated heterocycles. The average molecular weight is 304 g/mol. The van der Waals surface area contributed by atoms with Crippen molar-refractivity contribution >= 4 is 11.7 Å². The number of carbonyl (C=O) groups excluding carboxylic acids is 2. The smallest absolute Gasteiger partial charge is 0.227 e. The molecule has 2 atom stereocenters. The number of hydrogen-bond donors (Lipinski definition) is 1. The van der Waals surface area contributed by atoms with E-state index in [2.05, 4.69) is 5.32 Å². The van der Waals surface area contributed by atoms with Gasteiger partial charge in [-0.2, -0.15) is 0 Å². The number of ketones is 1. The number of carbonyl (C=O) groups is 2. The quantitative estimate of drug-likeness (QED) is 0.867. The molecule has 22 heavy (non-hydrogen) atoms. The minimum atomic E-state index is -0.342. The van der Waals surface area contributed by atoms with Gasteiger partial charge < -0.3 is 10.2 Å². The topological polar surface area (TPSA) is 49.4 Å². The van der Waals surface area contributed by atoms with E-state index >= 15 is 0 Å². The van der Waals surface area contributed by atoms with Crippen LogP contribution in [0.1, 0.15) is 29.6 Å². The van der Waals surface area contributed by atoms with E-state index < -0.39 is 0 Å². The highest BCUT2D eigenvalue weighted by atomic mass is 19.1. The number of nitrogens with zero attached hydrogens (tertiary/aromatic N) is 1. The number of Topliss-reactive ketones (excluding diaryl/α,β-unsaturated/α-hetero) is 1. The lowest BCUT2D eigenvalue weighted by Gasteiger charge is -2.33. The SMILES string of the molecule is O=C(c1ccc(F)cc1)C1CCCN(C(=O)C2CCNC2)C1. The lowest BCUT2D eigenvalue weighted by atomic mass is 9.89. The highest BCUT2D eigenvalue weighted by molar-refractivity contribution is 5.98. The molecule has 2 aliphatic rings. The second kappa shape index (κ2) is 6.57. The molecule has 2 fully saturated rings. The number of piperidine rings is 1. The lowest BCUT2D eigenvalue weighted by Crippen LogP contribution is -2.45. The molecule has 2 aliphatic heterocycles. The number of hydrogen-bond acceptors (Lipinski definition) is 3. The summed E-state index contributed by atoms with van der Waals surface area (Å²) in [5, 5.41) is 3.21. The number of benzene rings is 1. The number of rotatable bonds is 3. The molecule has 2 unspecified atom stereocenters. The fourth-order valence-corrected chi connectivity index (χ4v) is 3.36. The molecule has 0 spiro atoms. The lowest BCUT2D eigenvalue weighted by molar-refractivity contribution is -0.136. The van der Waals surface area contributed by atoms with Crippen LogP contribution in [0.3, 0.4) is 0 Å². The van der Waals surface area contributed by atoms with Gasteiger partial charge in [-0.3, -0.25) is 9.59 Å². The monoisotopic (exact) mass is 304 g/mol. The van der Waals surface area contributed by atoms with Gasteiger partial charge >= 0.3 is 0 Å². The van der Waals surface area contributed by atoms with Gasteiger partial charge in [-0.15, -0.1) is 0 Å². The first-order valence-corrected chi connectivity index (χ1v) is 7.94. The van der Waals surface area contributed by atoms with Gasteiger partial charge in [-0.05, 0) is 50.1 Å². The van der Waals surface area contributed by atoms with Gasteiger partial charge in [0.25, 0.3) is 0 Å². The van der Waals surface area contributed by atoms with Crippen LogP contribution >= 0.6 is 0 Å². The second-order valence-corrected chi connectivity index (χ2v) is 6.18. The third kappa shape index (κ3) is 3.19. The first-order valence-electron chi connectivity index (χ1n) is 7.94. The Balaban J connectivity index is 1.65. The van der Waals surface area contributed by atoms with E-state index in [4.69, 9.17) is 0 Å². The maximum absolute atomic E-state index is 13.0. The molecular weight excluding hydrogens is 283 g/mol. The van der Waals surface area contributed by atoms with Crippen LogP contribution in [-0.4, -0.2) is 42.8 Å². The van der Waals surface area contributed by atoms with Crippen molar-refractivity contribution in [3.05, 3.63) is 35.6 Å². The molecule has 2 heterocycles. The van der Waals surface area contributed by atoms with Crippen LogP contribution in [-0.2, 0) is 4.79 Å². The number of halogens is 1. The first kappa shape index (κ1) is 15.2. The summed E-state index contributed by atoms with van der Waals surface area (Å²) < 4.78 is 13.0. The van der Waals surface area contributed by atoms with E-state index in [0.717, 1.165) is 38.9 Å². The maximum Gasteiger partial charge on any atom is 0.227 e. The first-order chi connectivity index (χ1) is 10.6. The summed E-state index contributed by atoms with van der Waals surface area (Å²) in [7, 11) is 0. The van der Waals surface area contributed by atoms with E-state index in [1.54, 1.807) is 0 Å². The van der Waals surface area contributed by atoms with Crippen LogP contribution in [0.5, 0.6) is 0 Å². The molecule has 3 rings (SSSR count). The van der Waals surface area contributed by atoms with Crippen molar-refractivity contribution in [1.29, 1.82) is 0 Å². The Morgan fingerprint density at radius 2 is 1.91 bits per heavy atom. The fraction of sp³-hybridized carbons (Fsp3) is 0.529. The fourth-order valence-electron chi connectivity index (χ4n) is 3.36. The van der Waals surface area contributed by atoms with Crippen molar-refractivity contribution in [3.63, 3.8) is 0 Å². The third-order valence-electron chi connectivity index (χ3n) is 4.64. The molecule has 118 valence electrons. The van der Waals surface area contributed by atoms with Crippen molar-refractivity contribution in [3.8, 4) is 0 Å². The van der Waals surface area contributed by atoms with Gasteiger partial charge in [-0.25, -0.2) is 4.39 Å². The summed E-state index contributed by atoms with van der Waals surface area (Å²) in [6.07, 6.45) is 2.53. The molecule has 4 nitrogen and oxygen atoms in total. The van der Waals surface area contributed by atoms with E-state index in [0.29, 0.717) is 12.1 Å². The van der Waals surface area contributed by atoms with E-state index in [1.807, 2.05) is 4.90 Å². The highest BCUT2D eigenvalue weighted by Gasteiger charge is 2.33. The molecule has 0 aliphatic carbocycles. The molecule has 1 aromatic carbocycles. The van der Waals surface area contributed by atoms with Gasteiger partial charge in [0.2, 0.25) is 5.91 Å². The summed E-state index contributed by atoms with van der Waals surface area (Å²) in [4.78, 5) is 26.8. The predicted molar refractivity (Wildman–Crippen MR) is 81.0 cm³/mol. The summed E-state index contributed by atoms with van der Waals surface area (Å²) in [6.45, 7) is 2.86. The summed E-state index contributed by atoms with van der Waals surface area (Å²) >= 11 is 0. The Hall–Kier alpha value is -1.75. The Morgan fingerprint density at radius 1 is 1.14 bits per heavy atom. The molecule has 0 radical (unpaired) electrons. The van der Waals surface area contributed by atoms with E-state index in [1.165, 1.54) is 24.3 Å². The third-order valence-corrected chi connectivity index (χ3v) is 4.64. The number of amides is 1. The Labute approximate surface area is 129 Å². The molecular formula is C17H21FN2O2. The maximum atomic E-state index is 13.0. The summed E-state index contributed by atoms with van der Waals surface area (Å²) in [5.41, 5.74) is 0.531. The van der Waals surface area contributed by atoms with Crippen molar-refractivity contribution in [1.82, 2.24) is 10.2 Å². The van der Waals surface area contributed by atoms with Crippen molar-refractivity contribution < 1.29 is 14.0 Å². The van der Waals surface area contributed by atoms with Crippen LogP contribution in [0.15, 0.2) is 24.3 Å². The molecule has 1 aromatic rings. The molecule has 0 bridgehead atoms. The Bertz CT molecular complexity index is 552. The Morgan fingerprint density at radius 3 is 2.59 bits per heavy atom. The van der Waals surface area contributed by atoms with Crippen LogP contribution in [0.2, 0.25) is 0 Å². The zero-order valence-electron chi connectivity index (χ0n) is 12.6. The van der Waals surface area contributed by atoms with Gasteiger partial charge in [0, 0.05) is 31.1 Å². The van der Waals surface area contributed by atoms with Crippen LogP contribution in [0, 0.1) is 17.7 Å².